The van der Waals surface area contributed by atoms with Gasteiger partial charge in [-0.3, -0.25) is 0 Å². The van der Waals surface area contributed by atoms with Gasteiger partial charge in [0.1, 0.15) is 0 Å². The van der Waals surface area contributed by atoms with Crippen molar-refractivity contribution in [1.82, 2.24) is 0 Å². The first-order chi connectivity index (χ1) is 9.38. The van der Waals surface area contributed by atoms with Crippen LogP contribution in [0.3, 0.4) is 0 Å². The lowest BCUT2D eigenvalue weighted by atomic mass is 10.0. The van der Waals surface area contributed by atoms with Gasteiger partial charge in [-0.15, -0.1) is 11.6 Å². The molecular weight excluding hydrogens is 355 g/mol. The molecule has 0 saturated heterocycles. The maximum atomic E-state index is 12.6. The highest BCUT2D eigenvalue weighted by Gasteiger charge is 2.30. The second-order valence-electron chi connectivity index (χ2n) is 4.71. The standard InChI is InChI=1S/C14H18BrClF3N/c1-2-3-10(6-7-16)9-20-13-5-4-11(8-12(13)15)14(17,18)19/h4-5,8,10,20H,2-3,6-7,9H2,1H3. The van der Waals surface area contributed by atoms with Crippen molar-refractivity contribution in [3.8, 4) is 0 Å². The van der Waals surface area contributed by atoms with Gasteiger partial charge >= 0.3 is 6.18 Å². The van der Waals surface area contributed by atoms with Gasteiger partial charge in [-0.05, 0) is 52.9 Å². The molecule has 0 spiro atoms. The van der Waals surface area contributed by atoms with E-state index in [9.17, 15) is 13.2 Å². The Morgan fingerprint density at radius 3 is 2.50 bits per heavy atom. The lowest BCUT2D eigenvalue weighted by molar-refractivity contribution is -0.137. The third-order valence-electron chi connectivity index (χ3n) is 3.09. The van der Waals surface area contributed by atoms with E-state index in [0.717, 1.165) is 31.4 Å². The molecule has 0 aromatic heterocycles. The molecule has 0 heterocycles. The fraction of sp³-hybridized carbons (Fsp3) is 0.571. The summed E-state index contributed by atoms with van der Waals surface area (Å²) in [5.74, 6) is 1.03. The summed E-state index contributed by atoms with van der Waals surface area (Å²) in [5, 5.41) is 3.19. The predicted molar refractivity (Wildman–Crippen MR) is 81.4 cm³/mol. The van der Waals surface area contributed by atoms with Crippen molar-refractivity contribution in [2.24, 2.45) is 5.92 Å². The molecule has 1 nitrogen and oxygen atoms in total. The van der Waals surface area contributed by atoms with E-state index in [2.05, 4.69) is 28.2 Å². The van der Waals surface area contributed by atoms with Crippen LogP contribution in [0.2, 0.25) is 0 Å². The molecule has 1 aromatic carbocycles. The quantitative estimate of drug-likeness (QED) is 0.585. The van der Waals surface area contributed by atoms with Crippen molar-refractivity contribution < 1.29 is 13.2 Å². The molecule has 1 rings (SSSR count). The number of alkyl halides is 4. The molecule has 0 aliphatic heterocycles. The van der Waals surface area contributed by atoms with Crippen molar-refractivity contribution in [3.05, 3.63) is 28.2 Å². The zero-order valence-corrected chi connectivity index (χ0v) is 13.6. The van der Waals surface area contributed by atoms with Gasteiger partial charge in [0.15, 0.2) is 0 Å². The van der Waals surface area contributed by atoms with E-state index in [4.69, 9.17) is 11.6 Å². The minimum Gasteiger partial charge on any atom is -0.384 e. The Kier molecular flexibility index (Phi) is 7.17. The van der Waals surface area contributed by atoms with Crippen LogP contribution in [0.5, 0.6) is 0 Å². The Morgan fingerprint density at radius 1 is 1.30 bits per heavy atom. The minimum atomic E-state index is -4.32. The largest absolute Gasteiger partial charge is 0.416 e. The fourth-order valence-electron chi connectivity index (χ4n) is 2.00. The average molecular weight is 373 g/mol. The van der Waals surface area contributed by atoms with Crippen LogP contribution < -0.4 is 5.32 Å². The number of benzene rings is 1. The summed E-state index contributed by atoms with van der Waals surface area (Å²) in [6.07, 6.45) is -1.29. The molecule has 1 atom stereocenters. The van der Waals surface area contributed by atoms with Crippen LogP contribution in [-0.4, -0.2) is 12.4 Å². The Bertz CT molecular complexity index is 417. The average Bonchev–Trinajstić information content (AvgIpc) is 2.36. The first-order valence-corrected chi connectivity index (χ1v) is 7.87. The lowest BCUT2D eigenvalue weighted by Crippen LogP contribution is -2.15. The molecule has 1 N–H and O–H groups in total. The number of hydrogen-bond donors (Lipinski definition) is 1. The highest BCUT2D eigenvalue weighted by molar-refractivity contribution is 9.10. The Labute approximate surface area is 131 Å². The van der Waals surface area contributed by atoms with E-state index in [0.29, 0.717) is 28.5 Å². The lowest BCUT2D eigenvalue weighted by Gasteiger charge is -2.18. The molecule has 0 aliphatic carbocycles. The Balaban J connectivity index is 2.68. The van der Waals surface area contributed by atoms with Crippen LogP contribution in [0.25, 0.3) is 0 Å². The molecule has 1 aromatic rings. The molecule has 0 amide bonds. The summed E-state index contributed by atoms with van der Waals surface area (Å²) in [4.78, 5) is 0. The second-order valence-corrected chi connectivity index (χ2v) is 5.94. The van der Waals surface area contributed by atoms with Crippen molar-refractivity contribution in [2.75, 3.05) is 17.7 Å². The Hall–Kier alpha value is -0.420. The van der Waals surface area contributed by atoms with Crippen LogP contribution >= 0.6 is 27.5 Å². The smallest absolute Gasteiger partial charge is 0.384 e. The summed E-state index contributed by atoms with van der Waals surface area (Å²) in [7, 11) is 0. The molecular formula is C14H18BrClF3N. The van der Waals surface area contributed by atoms with Crippen LogP contribution in [0.4, 0.5) is 18.9 Å². The van der Waals surface area contributed by atoms with Crippen molar-refractivity contribution in [1.29, 1.82) is 0 Å². The number of nitrogens with one attached hydrogen (secondary N) is 1. The zero-order valence-electron chi connectivity index (χ0n) is 11.2. The third kappa shape index (κ3) is 5.52. The first kappa shape index (κ1) is 17.6. The van der Waals surface area contributed by atoms with Crippen LogP contribution in [0, 0.1) is 5.92 Å². The van der Waals surface area contributed by atoms with E-state index in [1.807, 2.05) is 0 Å². The van der Waals surface area contributed by atoms with Crippen molar-refractivity contribution in [2.45, 2.75) is 32.4 Å². The van der Waals surface area contributed by atoms with E-state index < -0.39 is 11.7 Å². The van der Waals surface area contributed by atoms with Gasteiger partial charge in [0, 0.05) is 22.6 Å². The molecule has 114 valence electrons. The van der Waals surface area contributed by atoms with Gasteiger partial charge in [0.25, 0.3) is 0 Å². The van der Waals surface area contributed by atoms with Gasteiger partial charge in [0.2, 0.25) is 0 Å². The third-order valence-corrected chi connectivity index (χ3v) is 3.97. The van der Waals surface area contributed by atoms with Gasteiger partial charge < -0.3 is 5.32 Å². The number of hydrogen-bond acceptors (Lipinski definition) is 1. The highest BCUT2D eigenvalue weighted by atomic mass is 79.9. The van der Waals surface area contributed by atoms with E-state index in [1.165, 1.54) is 6.07 Å². The molecule has 1 unspecified atom stereocenters. The monoisotopic (exact) mass is 371 g/mol. The molecule has 0 bridgehead atoms. The van der Waals surface area contributed by atoms with Gasteiger partial charge in [0.05, 0.1) is 5.56 Å². The van der Waals surface area contributed by atoms with Gasteiger partial charge in [-0.25, -0.2) is 0 Å². The van der Waals surface area contributed by atoms with Crippen LogP contribution in [-0.2, 0) is 6.18 Å². The molecule has 0 fully saturated rings. The number of rotatable bonds is 7. The summed E-state index contributed by atoms with van der Waals surface area (Å²) >= 11 is 8.93. The summed E-state index contributed by atoms with van der Waals surface area (Å²) in [6, 6.07) is 3.64. The fourth-order valence-corrected chi connectivity index (χ4v) is 2.83. The van der Waals surface area contributed by atoms with E-state index >= 15 is 0 Å². The van der Waals surface area contributed by atoms with Crippen LogP contribution in [0.1, 0.15) is 31.7 Å². The van der Waals surface area contributed by atoms with E-state index in [1.54, 1.807) is 0 Å². The van der Waals surface area contributed by atoms with Crippen molar-refractivity contribution >= 4 is 33.2 Å². The normalized spacial score (nSPS) is 13.3. The minimum absolute atomic E-state index is 0.424. The van der Waals surface area contributed by atoms with E-state index in [-0.39, 0.29) is 0 Å². The Morgan fingerprint density at radius 2 is 2.00 bits per heavy atom. The first-order valence-electron chi connectivity index (χ1n) is 6.55. The van der Waals surface area contributed by atoms with Crippen molar-refractivity contribution in [3.63, 3.8) is 0 Å². The number of halogens is 5. The molecule has 0 radical (unpaired) electrons. The summed E-state index contributed by atoms with van der Waals surface area (Å²) in [5.41, 5.74) is 0.0227. The molecule has 0 saturated carbocycles. The van der Waals surface area contributed by atoms with Gasteiger partial charge in [-0.2, -0.15) is 13.2 Å². The molecule has 20 heavy (non-hydrogen) atoms. The highest BCUT2D eigenvalue weighted by Crippen LogP contribution is 2.34. The predicted octanol–water partition coefficient (Wildman–Crippen LogP) is 5.93. The topological polar surface area (TPSA) is 12.0 Å². The maximum absolute atomic E-state index is 12.6. The summed E-state index contributed by atoms with van der Waals surface area (Å²) in [6.45, 7) is 2.82. The number of anilines is 1. The maximum Gasteiger partial charge on any atom is 0.416 e. The van der Waals surface area contributed by atoms with Crippen LogP contribution in [0.15, 0.2) is 22.7 Å². The molecule has 6 heteroatoms. The summed E-state index contributed by atoms with van der Waals surface area (Å²) < 4.78 is 38.1. The SMILES string of the molecule is CCCC(CCCl)CNc1ccc(C(F)(F)F)cc1Br. The zero-order chi connectivity index (χ0) is 15.2. The molecule has 0 aliphatic rings. The van der Waals surface area contributed by atoms with Gasteiger partial charge in [-0.1, -0.05) is 13.3 Å². The second kappa shape index (κ2) is 8.13.